The predicted molar refractivity (Wildman–Crippen MR) is 170 cm³/mol. The normalized spacial score (nSPS) is 23.7. The number of hydrogen-bond donors (Lipinski definition) is 1. The lowest BCUT2D eigenvalue weighted by atomic mass is 9.84. The molecule has 2 aromatic carbocycles. The molecule has 3 fully saturated rings. The van der Waals surface area contributed by atoms with Gasteiger partial charge in [-0.2, -0.15) is 0 Å². The Balaban J connectivity index is 1.12. The molecule has 9 nitrogen and oxygen atoms in total. The van der Waals surface area contributed by atoms with Crippen LogP contribution >= 0.6 is 11.8 Å². The molecular formula is C34H42N4O5S. The second kappa shape index (κ2) is 13.6. The number of benzene rings is 2. The largest absolute Gasteiger partial charge is 0.467 e. The highest BCUT2D eigenvalue weighted by molar-refractivity contribution is 8.01. The number of hydrogen-bond acceptors (Lipinski definition) is 6. The molecule has 3 heterocycles. The molecular weight excluding hydrogens is 576 g/mol. The van der Waals surface area contributed by atoms with Crippen LogP contribution in [0.15, 0.2) is 54.6 Å². The van der Waals surface area contributed by atoms with Gasteiger partial charge in [-0.1, -0.05) is 80.6 Å². The van der Waals surface area contributed by atoms with Crippen LogP contribution in [0, 0.1) is 5.92 Å². The van der Waals surface area contributed by atoms with Gasteiger partial charge in [0.05, 0.1) is 12.4 Å². The first-order valence-corrected chi connectivity index (χ1v) is 16.9. The number of carbonyl (C=O) groups is 4. The fourth-order valence-corrected chi connectivity index (χ4v) is 8.78. The Morgan fingerprint density at radius 1 is 0.955 bits per heavy atom. The van der Waals surface area contributed by atoms with Gasteiger partial charge in [0.1, 0.15) is 11.4 Å². The molecule has 10 heteroatoms. The van der Waals surface area contributed by atoms with Gasteiger partial charge >= 0.3 is 12.0 Å². The van der Waals surface area contributed by atoms with Crippen molar-refractivity contribution in [2.24, 2.45) is 5.92 Å². The quantitative estimate of drug-likeness (QED) is 0.389. The minimum atomic E-state index is -0.676. The van der Waals surface area contributed by atoms with Gasteiger partial charge in [0.25, 0.3) is 0 Å². The Bertz CT molecular complexity index is 1360. The van der Waals surface area contributed by atoms with Gasteiger partial charge in [-0.25, -0.2) is 9.59 Å². The number of carbonyl (C=O) groups excluding carboxylic acids is 4. The number of nitrogens with zero attached hydrogens (tertiary/aromatic N) is 3. The van der Waals surface area contributed by atoms with Crippen LogP contribution < -0.4 is 5.32 Å². The number of ether oxygens (including phenoxy) is 1. The second-order valence-electron chi connectivity index (χ2n) is 12.4. The summed E-state index contributed by atoms with van der Waals surface area (Å²) in [5, 5.41) is 2.06. The van der Waals surface area contributed by atoms with Crippen LogP contribution in [0.3, 0.4) is 0 Å². The third-order valence-electron chi connectivity index (χ3n) is 9.73. The number of fused-ring (bicyclic) bond motifs is 1. The molecule has 4 aliphatic rings. The van der Waals surface area contributed by atoms with Crippen LogP contribution in [0.4, 0.5) is 10.5 Å². The van der Waals surface area contributed by atoms with Gasteiger partial charge in [0.2, 0.25) is 11.8 Å². The number of esters is 1. The zero-order valence-electron chi connectivity index (χ0n) is 25.4. The molecule has 3 atom stereocenters. The zero-order valence-corrected chi connectivity index (χ0v) is 26.2. The lowest BCUT2D eigenvalue weighted by Crippen LogP contribution is -2.51. The molecule has 2 saturated heterocycles. The number of likely N-dealkylation sites (tertiary alicyclic amines) is 1. The molecule has 1 N–H and O–H groups in total. The Hall–Kier alpha value is -3.53. The van der Waals surface area contributed by atoms with Crippen molar-refractivity contribution < 1.29 is 23.9 Å². The fraction of sp³-hybridized carbons (Fsp3) is 0.529. The molecule has 1 saturated carbocycles. The average Bonchev–Trinajstić information content (AvgIpc) is 3.38. The smallest absolute Gasteiger partial charge is 0.328 e. The van der Waals surface area contributed by atoms with Crippen molar-refractivity contribution in [3.63, 3.8) is 0 Å². The monoisotopic (exact) mass is 618 g/mol. The number of rotatable bonds is 8. The summed E-state index contributed by atoms with van der Waals surface area (Å²) in [6.07, 6.45) is 7.68. The summed E-state index contributed by atoms with van der Waals surface area (Å²) in [5.74, 6) is -0.233. The summed E-state index contributed by atoms with van der Waals surface area (Å²) in [6.45, 7) is 1.64. The summed E-state index contributed by atoms with van der Waals surface area (Å²) in [4.78, 5) is 59.1. The minimum Gasteiger partial charge on any atom is -0.467 e. The van der Waals surface area contributed by atoms with Gasteiger partial charge in [-0.15, -0.1) is 11.8 Å². The Labute approximate surface area is 263 Å². The van der Waals surface area contributed by atoms with Crippen LogP contribution in [-0.2, 0) is 25.7 Å². The fourth-order valence-electron chi connectivity index (χ4n) is 7.30. The van der Waals surface area contributed by atoms with Crippen molar-refractivity contribution in [3.8, 4) is 0 Å². The van der Waals surface area contributed by atoms with E-state index in [0.717, 1.165) is 42.5 Å². The maximum atomic E-state index is 14.1. The van der Waals surface area contributed by atoms with Gasteiger partial charge in [-0.05, 0) is 42.4 Å². The second-order valence-corrected chi connectivity index (χ2v) is 13.7. The van der Waals surface area contributed by atoms with E-state index in [1.54, 1.807) is 4.90 Å². The molecule has 0 radical (unpaired) electrons. The minimum absolute atomic E-state index is 0.0495. The highest BCUT2D eigenvalue weighted by Gasteiger charge is 2.48. The first-order chi connectivity index (χ1) is 21.4. The van der Waals surface area contributed by atoms with Crippen LogP contribution in [0.2, 0.25) is 0 Å². The third-order valence-corrected chi connectivity index (χ3v) is 11.2. The Kier molecular flexibility index (Phi) is 9.44. The number of amides is 4. The number of nitrogens with one attached hydrogen (secondary N) is 1. The van der Waals surface area contributed by atoms with Crippen LogP contribution in [-0.4, -0.2) is 76.0 Å². The van der Waals surface area contributed by atoms with Crippen molar-refractivity contribution in [1.29, 1.82) is 0 Å². The molecule has 0 spiro atoms. The number of thioether (sulfide) groups is 1. The average molecular weight is 619 g/mol. The molecule has 2 aromatic rings. The van der Waals surface area contributed by atoms with E-state index in [2.05, 4.69) is 5.32 Å². The van der Waals surface area contributed by atoms with E-state index >= 15 is 0 Å². The molecule has 4 amide bonds. The number of urea groups is 1. The van der Waals surface area contributed by atoms with Gasteiger partial charge in [0, 0.05) is 37.8 Å². The van der Waals surface area contributed by atoms with Crippen molar-refractivity contribution in [2.75, 3.05) is 25.5 Å². The highest BCUT2D eigenvalue weighted by atomic mass is 32.2. The lowest BCUT2D eigenvalue weighted by Gasteiger charge is -2.40. The van der Waals surface area contributed by atoms with E-state index in [-0.39, 0.29) is 41.7 Å². The van der Waals surface area contributed by atoms with Gasteiger partial charge < -0.3 is 24.8 Å². The molecule has 6 rings (SSSR count). The van der Waals surface area contributed by atoms with E-state index in [4.69, 9.17) is 4.74 Å². The maximum Gasteiger partial charge on any atom is 0.328 e. The van der Waals surface area contributed by atoms with Crippen LogP contribution in [0.5, 0.6) is 0 Å². The first kappa shape index (κ1) is 30.5. The summed E-state index contributed by atoms with van der Waals surface area (Å²) in [6, 6.07) is 16.9. The van der Waals surface area contributed by atoms with Gasteiger partial charge in [0.15, 0.2) is 0 Å². The number of methoxy groups -OCH3 is 1. The summed E-state index contributed by atoms with van der Waals surface area (Å²) in [7, 11) is 1.39. The van der Waals surface area contributed by atoms with E-state index in [1.165, 1.54) is 25.3 Å². The highest BCUT2D eigenvalue weighted by Crippen LogP contribution is 2.47. The van der Waals surface area contributed by atoms with Gasteiger partial charge in [-0.3, -0.25) is 9.59 Å². The van der Waals surface area contributed by atoms with Crippen LogP contribution in [0.25, 0.3) is 0 Å². The third kappa shape index (κ3) is 6.46. The summed E-state index contributed by atoms with van der Waals surface area (Å²) >= 11 is 1.47. The summed E-state index contributed by atoms with van der Waals surface area (Å²) < 4.78 is 5.25. The first-order valence-electron chi connectivity index (χ1n) is 16.0. The maximum absolute atomic E-state index is 14.1. The molecule has 234 valence electrons. The van der Waals surface area contributed by atoms with Crippen molar-refractivity contribution in [3.05, 3.63) is 65.7 Å². The molecule has 0 bridgehead atoms. The van der Waals surface area contributed by atoms with E-state index < -0.39 is 11.3 Å². The van der Waals surface area contributed by atoms with Crippen molar-refractivity contribution >= 4 is 41.3 Å². The topological polar surface area (TPSA) is 99.3 Å². The van der Waals surface area contributed by atoms with Crippen molar-refractivity contribution in [2.45, 2.75) is 87.0 Å². The van der Waals surface area contributed by atoms with Crippen molar-refractivity contribution in [1.82, 2.24) is 14.7 Å². The summed E-state index contributed by atoms with van der Waals surface area (Å²) in [5.41, 5.74) is 2.89. The van der Waals surface area contributed by atoms with E-state index in [9.17, 15) is 19.2 Å². The standard InChI is InChI=1S/C34H42N4O5S/c1-43-33(41)28(20-23-10-4-2-5-11-23)38-31(40)29(44-32(38)24-12-6-3-7-13-24)21-30(39)36-18-16-26(17-19-36)37-22-25-14-8-9-15-27(25)35-34(37)42/h3,6-9,12-15,23,26,28-29,32H,2,4-5,10-11,16-22H2,1H3,(H,35,42)/t28-,29?,32?/m0/s1. The molecule has 1 aliphatic carbocycles. The molecule has 2 unspecified atom stereocenters. The van der Waals surface area contributed by atoms with E-state index in [1.807, 2.05) is 64.4 Å². The number of para-hydroxylation sites is 1. The number of anilines is 1. The zero-order chi connectivity index (χ0) is 30.6. The lowest BCUT2D eigenvalue weighted by molar-refractivity contribution is -0.154. The Morgan fingerprint density at radius 3 is 2.39 bits per heavy atom. The Morgan fingerprint density at radius 2 is 1.66 bits per heavy atom. The molecule has 0 aromatic heterocycles. The van der Waals surface area contributed by atoms with Crippen LogP contribution in [0.1, 0.15) is 74.3 Å². The van der Waals surface area contributed by atoms with E-state index in [0.29, 0.717) is 44.8 Å². The number of piperidine rings is 1. The molecule has 3 aliphatic heterocycles. The predicted octanol–water partition coefficient (Wildman–Crippen LogP) is 5.57. The molecule has 44 heavy (non-hydrogen) atoms. The SMILES string of the molecule is COC(=O)[C@H](CC1CCCCC1)N1C(=O)C(CC(=O)N2CCC(N3Cc4ccccc4NC3=O)CC2)SC1c1ccccc1.